The number of amides is 2. The van der Waals surface area contributed by atoms with Gasteiger partial charge in [-0.2, -0.15) is 0 Å². The molecule has 0 aromatic carbocycles. The smallest absolute Gasteiger partial charge is 0.420 e. The zero-order valence-corrected chi connectivity index (χ0v) is 11.9. The van der Waals surface area contributed by atoms with Crippen LogP contribution in [-0.2, 0) is 9.47 Å². The Morgan fingerprint density at radius 3 is 1.56 bits per heavy atom. The second-order valence-electron chi connectivity index (χ2n) is 5.75. The van der Waals surface area contributed by atoms with Crippen LogP contribution in [0.25, 0.3) is 0 Å². The van der Waals surface area contributed by atoms with E-state index >= 15 is 0 Å². The van der Waals surface area contributed by atoms with E-state index in [2.05, 4.69) is 5.92 Å². The predicted molar refractivity (Wildman–Crippen MR) is 68.0 cm³/mol. The maximum absolute atomic E-state index is 11.8. The molecule has 0 saturated heterocycles. The molecule has 0 N–H and O–H groups in total. The van der Waals surface area contributed by atoms with Crippen molar-refractivity contribution in [2.45, 2.75) is 52.7 Å². The van der Waals surface area contributed by atoms with E-state index in [-0.39, 0.29) is 6.54 Å². The molecule has 0 aliphatic rings. The van der Waals surface area contributed by atoms with Crippen LogP contribution in [0.15, 0.2) is 0 Å². The van der Waals surface area contributed by atoms with Gasteiger partial charge in [-0.25, -0.2) is 14.5 Å². The minimum atomic E-state index is -0.810. The molecule has 0 fully saturated rings. The number of imide groups is 1. The summed E-state index contributed by atoms with van der Waals surface area (Å²) in [5.74, 6) is 2.23. The third-order valence-electron chi connectivity index (χ3n) is 1.48. The Morgan fingerprint density at radius 1 is 1.00 bits per heavy atom. The van der Waals surface area contributed by atoms with Crippen molar-refractivity contribution < 1.29 is 19.1 Å². The van der Waals surface area contributed by atoms with Gasteiger partial charge in [0.25, 0.3) is 0 Å². The van der Waals surface area contributed by atoms with Crippen LogP contribution in [0.1, 0.15) is 41.5 Å². The number of rotatable bonds is 1. The van der Waals surface area contributed by atoms with E-state index < -0.39 is 23.4 Å². The lowest BCUT2D eigenvalue weighted by atomic mass is 10.2. The highest BCUT2D eigenvalue weighted by Gasteiger charge is 2.30. The summed E-state index contributed by atoms with van der Waals surface area (Å²) in [6.07, 6.45) is 3.50. The topological polar surface area (TPSA) is 55.8 Å². The molecule has 0 radical (unpaired) electrons. The first kappa shape index (κ1) is 16.3. The minimum absolute atomic E-state index is 0.191. The lowest BCUT2D eigenvalue weighted by Crippen LogP contribution is -2.43. The Kier molecular flexibility index (Phi) is 5.22. The van der Waals surface area contributed by atoms with Gasteiger partial charge in [0.15, 0.2) is 0 Å². The summed E-state index contributed by atoms with van der Waals surface area (Å²) in [6.45, 7) is 10.0. The second kappa shape index (κ2) is 5.76. The van der Waals surface area contributed by atoms with Gasteiger partial charge in [-0.15, -0.1) is 6.42 Å². The van der Waals surface area contributed by atoms with Crippen molar-refractivity contribution in [3.05, 3.63) is 0 Å². The van der Waals surface area contributed by atoms with E-state index in [1.165, 1.54) is 0 Å². The van der Waals surface area contributed by atoms with Crippen molar-refractivity contribution in [2.24, 2.45) is 0 Å². The maximum atomic E-state index is 11.8. The molecule has 0 spiro atoms. The number of terminal acetylenes is 1. The van der Waals surface area contributed by atoms with Crippen molar-refractivity contribution in [1.29, 1.82) is 0 Å². The Bertz CT molecular complexity index is 327. The van der Waals surface area contributed by atoms with Gasteiger partial charge < -0.3 is 9.47 Å². The zero-order valence-electron chi connectivity index (χ0n) is 11.9. The third kappa shape index (κ3) is 6.79. The first-order chi connectivity index (χ1) is 7.96. The van der Waals surface area contributed by atoms with Crippen molar-refractivity contribution in [1.82, 2.24) is 4.90 Å². The molecule has 0 aliphatic carbocycles. The van der Waals surface area contributed by atoms with E-state index in [4.69, 9.17) is 15.9 Å². The van der Waals surface area contributed by atoms with E-state index in [0.717, 1.165) is 4.90 Å². The number of carbonyl (C=O) groups excluding carboxylic acids is 2. The molecular formula is C13H21NO4. The number of ether oxygens (including phenoxy) is 2. The van der Waals surface area contributed by atoms with Crippen molar-refractivity contribution in [2.75, 3.05) is 6.54 Å². The summed E-state index contributed by atoms with van der Waals surface area (Å²) in [4.78, 5) is 24.3. The first-order valence-corrected chi connectivity index (χ1v) is 5.63. The number of carbonyl (C=O) groups is 2. The Labute approximate surface area is 108 Å². The van der Waals surface area contributed by atoms with Crippen molar-refractivity contribution in [3.63, 3.8) is 0 Å². The van der Waals surface area contributed by atoms with Gasteiger partial charge in [-0.05, 0) is 41.5 Å². The van der Waals surface area contributed by atoms with Gasteiger partial charge in [-0.3, -0.25) is 0 Å². The minimum Gasteiger partial charge on any atom is -0.443 e. The number of hydrogen-bond acceptors (Lipinski definition) is 4. The standard InChI is InChI=1S/C13H21NO4/c1-8-9-14(10(15)17-12(2,3)4)11(16)18-13(5,6)7/h1H,9H2,2-7H3. The van der Waals surface area contributed by atoms with E-state index in [1.807, 2.05) is 0 Å². The first-order valence-electron chi connectivity index (χ1n) is 5.63. The summed E-state index contributed by atoms with van der Waals surface area (Å²) in [5, 5.41) is 0. The molecule has 0 bridgehead atoms. The summed E-state index contributed by atoms with van der Waals surface area (Å²) in [6, 6.07) is 0. The van der Waals surface area contributed by atoms with Gasteiger partial charge in [0.1, 0.15) is 11.2 Å². The molecule has 102 valence electrons. The van der Waals surface area contributed by atoms with Gasteiger partial charge in [0.05, 0.1) is 6.54 Å². The van der Waals surface area contributed by atoms with Crippen LogP contribution < -0.4 is 0 Å². The molecule has 0 aromatic rings. The normalized spacial score (nSPS) is 11.4. The third-order valence-corrected chi connectivity index (χ3v) is 1.48. The second-order valence-corrected chi connectivity index (χ2v) is 5.75. The fraction of sp³-hybridized carbons (Fsp3) is 0.692. The zero-order chi connectivity index (χ0) is 14.6. The van der Waals surface area contributed by atoms with Crippen LogP contribution in [0.4, 0.5) is 9.59 Å². The molecule has 5 nitrogen and oxygen atoms in total. The highest BCUT2D eigenvalue weighted by molar-refractivity contribution is 5.88. The van der Waals surface area contributed by atoms with Gasteiger partial charge in [0, 0.05) is 0 Å². The van der Waals surface area contributed by atoms with Crippen LogP contribution in [0, 0.1) is 12.3 Å². The van der Waals surface area contributed by atoms with Crippen molar-refractivity contribution in [3.8, 4) is 12.3 Å². The monoisotopic (exact) mass is 255 g/mol. The molecule has 0 saturated carbocycles. The maximum Gasteiger partial charge on any atom is 0.420 e. The number of nitrogens with zero attached hydrogens (tertiary/aromatic N) is 1. The summed E-state index contributed by atoms with van der Waals surface area (Å²) < 4.78 is 10.2. The van der Waals surface area contributed by atoms with Gasteiger partial charge in [0.2, 0.25) is 0 Å². The molecule has 0 atom stereocenters. The van der Waals surface area contributed by atoms with Crippen LogP contribution >= 0.6 is 0 Å². The molecule has 0 aromatic heterocycles. The van der Waals surface area contributed by atoms with Crippen molar-refractivity contribution >= 4 is 12.2 Å². The summed E-state index contributed by atoms with van der Waals surface area (Å²) in [5.41, 5.74) is -1.40. The Morgan fingerprint density at radius 2 is 1.33 bits per heavy atom. The molecule has 0 heterocycles. The van der Waals surface area contributed by atoms with Gasteiger partial charge in [-0.1, -0.05) is 5.92 Å². The SMILES string of the molecule is C#CCN(C(=O)OC(C)(C)C)C(=O)OC(C)(C)C. The Balaban J connectivity index is 4.82. The lowest BCUT2D eigenvalue weighted by Gasteiger charge is -2.27. The predicted octanol–water partition coefficient (Wildman–Crippen LogP) is 2.79. The molecular weight excluding hydrogens is 234 g/mol. The largest absolute Gasteiger partial charge is 0.443 e. The van der Waals surface area contributed by atoms with Crippen LogP contribution in [0.5, 0.6) is 0 Å². The average Bonchev–Trinajstić information content (AvgIpc) is 2.07. The lowest BCUT2D eigenvalue weighted by molar-refractivity contribution is 0.00413. The molecule has 18 heavy (non-hydrogen) atoms. The molecule has 0 rings (SSSR count). The fourth-order valence-corrected chi connectivity index (χ4v) is 0.929. The molecule has 2 amide bonds. The fourth-order valence-electron chi connectivity index (χ4n) is 0.929. The highest BCUT2D eigenvalue weighted by Crippen LogP contribution is 2.14. The van der Waals surface area contributed by atoms with E-state index in [0.29, 0.717) is 0 Å². The summed E-state index contributed by atoms with van der Waals surface area (Å²) in [7, 11) is 0. The quantitative estimate of drug-likeness (QED) is 0.676. The van der Waals surface area contributed by atoms with E-state index in [9.17, 15) is 9.59 Å². The highest BCUT2D eigenvalue weighted by atomic mass is 16.6. The molecule has 0 unspecified atom stereocenters. The Hall–Kier alpha value is -1.70. The van der Waals surface area contributed by atoms with Crippen LogP contribution in [0.3, 0.4) is 0 Å². The van der Waals surface area contributed by atoms with Crippen LogP contribution in [-0.4, -0.2) is 34.8 Å². The van der Waals surface area contributed by atoms with E-state index in [1.54, 1.807) is 41.5 Å². The molecule has 5 heteroatoms. The average molecular weight is 255 g/mol. The van der Waals surface area contributed by atoms with Gasteiger partial charge >= 0.3 is 12.2 Å². The summed E-state index contributed by atoms with van der Waals surface area (Å²) >= 11 is 0. The molecule has 0 aliphatic heterocycles. The van der Waals surface area contributed by atoms with Crippen LogP contribution in [0.2, 0.25) is 0 Å². The number of hydrogen-bond donors (Lipinski definition) is 0.